The summed E-state index contributed by atoms with van der Waals surface area (Å²) < 4.78 is 6.60. The Morgan fingerprint density at radius 1 is 0.900 bits per heavy atom. The normalized spacial score (nSPS) is 12.7. The molecule has 0 aromatic carbocycles. The molecule has 0 aliphatic carbocycles. The third-order valence-electron chi connectivity index (χ3n) is 6.52. The van der Waals surface area contributed by atoms with E-state index < -0.39 is 0 Å². The first-order valence-corrected chi connectivity index (χ1v) is 13.9. The average Bonchev–Trinajstić information content (AvgIpc) is 2.72. The molecular weight excluding hydrogens is 390 g/mol. The molecule has 0 spiro atoms. The third-order valence-corrected chi connectivity index (χ3v) is 8.00. The van der Waals surface area contributed by atoms with Crippen LogP contribution < -0.4 is 5.32 Å². The summed E-state index contributed by atoms with van der Waals surface area (Å²) in [5, 5.41) is 3.36. The lowest BCUT2D eigenvalue weighted by atomic mass is 9.87. The summed E-state index contributed by atoms with van der Waals surface area (Å²) in [5.41, 5.74) is -0.296. The number of carbonyl (C=O) groups excluding carboxylic acids is 1. The number of thioether (sulfide) groups is 1. The van der Waals surface area contributed by atoms with Crippen molar-refractivity contribution in [3.05, 3.63) is 0 Å². The first-order valence-electron chi connectivity index (χ1n) is 12.7. The van der Waals surface area contributed by atoms with Crippen LogP contribution in [0.3, 0.4) is 0 Å². The Hall–Kier alpha value is -0.220. The Morgan fingerprint density at radius 3 is 2.03 bits per heavy atom. The Bertz CT molecular complexity index is 429. The highest BCUT2D eigenvalue weighted by Crippen LogP contribution is 2.30. The van der Waals surface area contributed by atoms with E-state index in [1.54, 1.807) is 0 Å². The zero-order valence-corrected chi connectivity index (χ0v) is 22.4. The summed E-state index contributed by atoms with van der Waals surface area (Å²) in [7, 11) is 0. The molecule has 0 atom stereocenters. The Kier molecular flexibility index (Phi) is 16.3. The molecule has 0 unspecified atom stereocenters. The average molecular weight is 444 g/mol. The largest absolute Gasteiger partial charge is 0.373 e. The van der Waals surface area contributed by atoms with Gasteiger partial charge in [0.2, 0.25) is 5.91 Å². The Morgan fingerprint density at radius 2 is 1.53 bits per heavy atom. The second-order valence-corrected chi connectivity index (χ2v) is 11.1. The molecule has 0 heterocycles. The van der Waals surface area contributed by atoms with Crippen molar-refractivity contribution in [2.45, 2.75) is 131 Å². The number of nitrogens with one attached hydrogen (secondary N) is 1. The van der Waals surface area contributed by atoms with Crippen molar-refractivity contribution in [3.63, 3.8) is 0 Å². The van der Waals surface area contributed by atoms with Gasteiger partial charge in [0.1, 0.15) is 0 Å². The summed E-state index contributed by atoms with van der Waals surface area (Å²) >= 11 is 2.04. The molecule has 4 heteroatoms. The van der Waals surface area contributed by atoms with Crippen LogP contribution in [0.15, 0.2) is 0 Å². The minimum Gasteiger partial charge on any atom is -0.373 e. The maximum Gasteiger partial charge on any atom is 0.220 e. The lowest BCUT2D eigenvalue weighted by Crippen LogP contribution is -2.53. The molecule has 1 N–H and O–H groups in total. The number of rotatable bonds is 19. The standard InChI is InChI=1S/C26H53NO2S/c1-9-25(10-2,21-29-26(11-3,12-4)18-17-22(5)6)27-24(28)16-14-13-15-19-30-20-23(7)8/h22-23H,9-21H2,1-8H3,(H,27,28). The van der Waals surface area contributed by atoms with Crippen LogP contribution in [0, 0.1) is 11.8 Å². The van der Waals surface area contributed by atoms with Gasteiger partial charge in [-0.15, -0.1) is 0 Å². The SMILES string of the molecule is CCC(CC)(COC(CC)(CC)CCC(C)C)NC(=O)CCCCCSCC(C)C. The van der Waals surface area contributed by atoms with Crippen molar-refractivity contribution < 1.29 is 9.53 Å². The van der Waals surface area contributed by atoms with E-state index in [0.717, 1.165) is 50.9 Å². The molecule has 180 valence electrons. The molecule has 0 saturated heterocycles. The van der Waals surface area contributed by atoms with Gasteiger partial charge in [-0.25, -0.2) is 0 Å². The molecule has 1 amide bonds. The van der Waals surface area contributed by atoms with Crippen LogP contribution in [0.1, 0.15) is 120 Å². The molecule has 0 saturated carbocycles. The van der Waals surface area contributed by atoms with E-state index >= 15 is 0 Å². The van der Waals surface area contributed by atoms with Crippen LogP contribution in [0.25, 0.3) is 0 Å². The highest BCUT2D eigenvalue weighted by Gasteiger charge is 2.34. The van der Waals surface area contributed by atoms with Crippen molar-refractivity contribution in [1.82, 2.24) is 5.32 Å². The fourth-order valence-corrected chi connectivity index (χ4v) is 4.78. The fraction of sp³-hybridized carbons (Fsp3) is 0.962. The maximum atomic E-state index is 12.7. The minimum atomic E-state index is -0.238. The van der Waals surface area contributed by atoms with Crippen LogP contribution in [-0.2, 0) is 9.53 Å². The van der Waals surface area contributed by atoms with Crippen molar-refractivity contribution in [2.24, 2.45) is 11.8 Å². The molecule has 3 nitrogen and oxygen atoms in total. The zero-order valence-electron chi connectivity index (χ0n) is 21.6. The molecule has 0 aromatic rings. The maximum absolute atomic E-state index is 12.7. The van der Waals surface area contributed by atoms with Gasteiger partial charge in [0, 0.05) is 6.42 Å². The quantitative estimate of drug-likeness (QED) is 0.209. The lowest BCUT2D eigenvalue weighted by Gasteiger charge is -2.39. The van der Waals surface area contributed by atoms with Crippen LogP contribution in [-0.4, -0.2) is 35.2 Å². The van der Waals surface area contributed by atoms with Gasteiger partial charge < -0.3 is 10.1 Å². The minimum absolute atomic E-state index is 0.0573. The first kappa shape index (κ1) is 29.8. The van der Waals surface area contributed by atoms with Crippen molar-refractivity contribution in [1.29, 1.82) is 0 Å². The predicted octanol–water partition coefficient (Wildman–Crippen LogP) is 7.62. The van der Waals surface area contributed by atoms with Crippen LogP contribution in [0.4, 0.5) is 0 Å². The van der Waals surface area contributed by atoms with Gasteiger partial charge in [-0.2, -0.15) is 11.8 Å². The van der Waals surface area contributed by atoms with E-state index in [-0.39, 0.29) is 17.0 Å². The van der Waals surface area contributed by atoms with E-state index in [1.165, 1.54) is 24.3 Å². The van der Waals surface area contributed by atoms with E-state index in [2.05, 4.69) is 60.7 Å². The lowest BCUT2D eigenvalue weighted by molar-refractivity contribution is -0.127. The number of unbranched alkanes of at least 4 members (excludes halogenated alkanes) is 2. The van der Waals surface area contributed by atoms with Crippen LogP contribution in [0.2, 0.25) is 0 Å². The molecule has 0 aliphatic rings. The molecule has 0 rings (SSSR count). The Balaban J connectivity index is 4.56. The van der Waals surface area contributed by atoms with Gasteiger partial charge in [0.15, 0.2) is 0 Å². The highest BCUT2D eigenvalue weighted by molar-refractivity contribution is 7.99. The number of ether oxygens (including phenoxy) is 1. The van der Waals surface area contributed by atoms with Crippen molar-refractivity contribution in [2.75, 3.05) is 18.1 Å². The van der Waals surface area contributed by atoms with Gasteiger partial charge in [0.25, 0.3) is 0 Å². The summed E-state index contributed by atoms with van der Waals surface area (Å²) in [4.78, 5) is 12.7. The molecule has 30 heavy (non-hydrogen) atoms. The van der Waals surface area contributed by atoms with E-state index in [0.29, 0.717) is 18.9 Å². The summed E-state index contributed by atoms with van der Waals surface area (Å²) in [6, 6.07) is 0. The molecule has 0 aliphatic heterocycles. The fourth-order valence-electron chi connectivity index (χ4n) is 3.73. The summed E-state index contributed by atoms with van der Waals surface area (Å²) in [5.74, 6) is 4.11. The van der Waals surface area contributed by atoms with E-state index in [1.807, 2.05) is 11.8 Å². The molecule has 0 fully saturated rings. The Labute approximate surface area is 193 Å². The van der Waals surface area contributed by atoms with Crippen molar-refractivity contribution in [3.8, 4) is 0 Å². The molecule has 0 radical (unpaired) electrons. The van der Waals surface area contributed by atoms with Crippen molar-refractivity contribution >= 4 is 17.7 Å². The van der Waals surface area contributed by atoms with Gasteiger partial charge in [-0.1, -0.05) is 61.8 Å². The molecule has 0 aromatic heterocycles. The van der Waals surface area contributed by atoms with Crippen LogP contribution in [0.5, 0.6) is 0 Å². The third kappa shape index (κ3) is 12.6. The van der Waals surface area contributed by atoms with E-state index in [9.17, 15) is 4.79 Å². The predicted molar refractivity (Wildman–Crippen MR) is 135 cm³/mol. The number of hydrogen-bond donors (Lipinski definition) is 1. The molecule has 0 bridgehead atoms. The number of hydrogen-bond acceptors (Lipinski definition) is 3. The number of amides is 1. The van der Waals surface area contributed by atoms with Gasteiger partial charge in [-0.05, 0) is 74.7 Å². The smallest absolute Gasteiger partial charge is 0.220 e. The second-order valence-electron chi connectivity index (χ2n) is 9.93. The topological polar surface area (TPSA) is 38.3 Å². The van der Waals surface area contributed by atoms with Gasteiger partial charge >= 0.3 is 0 Å². The summed E-state index contributed by atoms with van der Waals surface area (Å²) in [6.07, 6.45) is 10.2. The number of carbonyl (C=O) groups is 1. The van der Waals surface area contributed by atoms with Gasteiger partial charge in [0.05, 0.1) is 17.7 Å². The monoisotopic (exact) mass is 443 g/mol. The second kappa shape index (κ2) is 16.4. The zero-order chi connectivity index (χ0) is 23.0. The molecular formula is C26H53NO2S. The van der Waals surface area contributed by atoms with Crippen LogP contribution >= 0.6 is 11.8 Å². The van der Waals surface area contributed by atoms with Gasteiger partial charge in [-0.3, -0.25) is 4.79 Å². The highest BCUT2D eigenvalue weighted by atomic mass is 32.2. The van der Waals surface area contributed by atoms with E-state index in [4.69, 9.17) is 4.74 Å². The first-order chi connectivity index (χ1) is 14.2. The summed E-state index contributed by atoms with van der Waals surface area (Å²) in [6.45, 7) is 18.5.